The maximum Gasteiger partial charge on any atom is 0.271 e. The molecule has 0 bridgehead atoms. The van der Waals surface area contributed by atoms with Gasteiger partial charge in [0.15, 0.2) is 0 Å². The first-order valence-electron chi connectivity index (χ1n) is 8.64. The second-order valence-corrected chi connectivity index (χ2v) is 7.34. The summed E-state index contributed by atoms with van der Waals surface area (Å²) in [6.45, 7) is 4.67. The van der Waals surface area contributed by atoms with E-state index in [0.717, 1.165) is 6.42 Å². The van der Waals surface area contributed by atoms with E-state index < -0.39 is 11.6 Å². The number of piperidine rings is 1. The summed E-state index contributed by atoms with van der Waals surface area (Å²) in [6, 6.07) is -0.396. The molecule has 0 unspecified atom stereocenters. The molecule has 3 heterocycles. The average molecular weight is 350 g/mol. The standard InChI is InChI=1S/C17H26N4O4/c1-11(22)20(3)15-9-25-14-4-5-21(8-12(14)6-17(15,2)24)16(23)13-7-18-10-19-13/h7,10,12,14-15,24H,4-6,8-9H2,1-3H3,(H,18,19)/t12-,14+,15+,17+/m0/s1. The zero-order chi connectivity index (χ0) is 18.2. The van der Waals surface area contributed by atoms with Gasteiger partial charge in [0.1, 0.15) is 5.69 Å². The van der Waals surface area contributed by atoms with Crippen LogP contribution in [0.15, 0.2) is 12.5 Å². The number of imidazole rings is 1. The van der Waals surface area contributed by atoms with Crippen molar-refractivity contribution >= 4 is 11.8 Å². The van der Waals surface area contributed by atoms with Crippen LogP contribution in [-0.2, 0) is 9.53 Å². The third-order valence-corrected chi connectivity index (χ3v) is 5.51. The molecule has 8 nitrogen and oxygen atoms in total. The van der Waals surface area contributed by atoms with Crippen LogP contribution in [0, 0.1) is 5.92 Å². The van der Waals surface area contributed by atoms with Gasteiger partial charge in [-0.1, -0.05) is 0 Å². The van der Waals surface area contributed by atoms with Crippen molar-refractivity contribution < 1.29 is 19.4 Å². The average Bonchev–Trinajstić information content (AvgIpc) is 3.04. The molecular formula is C17H26N4O4. The van der Waals surface area contributed by atoms with E-state index in [9.17, 15) is 14.7 Å². The second-order valence-electron chi connectivity index (χ2n) is 7.34. The highest BCUT2D eigenvalue weighted by atomic mass is 16.5. The predicted molar refractivity (Wildman–Crippen MR) is 89.8 cm³/mol. The molecule has 2 aliphatic heterocycles. The fourth-order valence-electron chi connectivity index (χ4n) is 3.96. The Morgan fingerprint density at radius 3 is 2.92 bits per heavy atom. The summed E-state index contributed by atoms with van der Waals surface area (Å²) < 4.78 is 6.03. The van der Waals surface area contributed by atoms with Gasteiger partial charge in [0.05, 0.1) is 36.9 Å². The van der Waals surface area contributed by atoms with Gasteiger partial charge in [-0.05, 0) is 19.8 Å². The molecule has 1 aromatic rings. The monoisotopic (exact) mass is 350 g/mol. The minimum atomic E-state index is -1.07. The molecule has 8 heteroatoms. The molecular weight excluding hydrogens is 324 g/mol. The van der Waals surface area contributed by atoms with E-state index in [0.29, 0.717) is 31.8 Å². The van der Waals surface area contributed by atoms with E-state index in [-0.39, 0.29) is 23.8 Å². The highest BCUT2D eigenvalue weighted by Crippen LogP contribution is 2.35. The molecule has 0 radical (unpaired) electrons. The summed E-state index contributed by atoms with van der Waals surface area (Å²) in [5.41, 5.74) is -0.603. The van der Waals surface area contributed by atoms with Crippen LogP contribution in [0.1, 0.15) is 37.2 Å². The lowest BCUT2D eigenvalue weighted by atomic mass is 9.82. The van der Waals surface area contributed by atoms with Crippen molar-refractivity contribution in [2.45, 2.75) is 44.4 Å². The second kappa shape index (κ2) is 6.76. The Morgan fingerprint density at radius 1 is 1.52 bits per heavy atom. The number of ether oxygens (including phenoxy) is 1. The lowest BCUT2D eigenvalue weighted by Gasteiger charge is -2.40. The molecule has 4 atom stereocenters. The van der Waals surface area contributed by atoms with Crippen molar-refractivity contribution in [2.75, 3.05) is 26.7 Å². The van der Waals surface area contributed by atoms with Gasteiger partial charge in [-0.3, -0.25) is 9.59 Å². The minimum Gasteiger partial charge on any atom is -0.388 e. The molecule has 2 N–H and O–H groups in total. The largest absolute Gasteiger partial charge is 0.388 e. The molecule has 2 aliphatic rings. The Bertz CT molecular complexity index is 631. The summed E-state index contributed by atoms with van der Waals surface area (Å²) in [5, 5.41) is 11.0. The van der Waals surface area contributed by atoms with Crippen molar-refractivity contribution in [3.63, 3.8) is 0 Å². The fraction of sp³-hybridized carbons (Fsp3) is 0.706. The molecule has 2 fully saturated rings. The Morgan fingerprint density at radius 2 is 2.28 bits per heavy atom. The lowest BCUT2D eigenvalue weighted by Crippen LogP contribution is -2.53. The summed E-state index contributed by atoms with van der Waals surface area (Å²) >= 11 is 0. The first-order valence-corrected chi connectivity index (χ1v) is 8.64. The summed E-state index contributed by atoms with van der Waals surface area (Å²) in [6.07, 6.45) is 4.19. The van der Waals surface area contributed by atoms with E-state index in [4.69, 9.17) is 4.74 Å². The van der Waals surface area contributed by atoms with E-state index in [2.05, 4.69) is 9.97 Å². The number of H-pyrrole nitrogens is 1. The number of fused-ring (bicyclic) bond motifs is 1. The van der Waals surface area contributed by atoms with Crippen molar-refractivity contribution in [1.29, 1.82) is 0 Å². The number of rotatable bonds is 2. The SMILES string of the molecule is CC(=O)N(C)[C@@H]1CO[C@@H]2CCN(C(=O)c3cnc[nH]3)C[C@@H]2C[C@@]1(C)O. The van der Waals surface area contributed by atoms with E-state index >= 15 is 0 Å². The number of carbonyl (C=O) groups excluding carboxylic acids is 2. The normalized spacial score (nSPS) is 32.6. The number of aromatic nitrogens is 2. The Hall–Kier alpha value is -1.93. The van der Waals surface area contributed by atoms with Crippen LogP contribution >= 0.6 is 0 Å². The predicted octanol–water partition coefficient (Wildman–Crippen LogP) is 0.259. The van der Waals surface area contributed by atoms with Gasteiger partial charge >= 0.3 is 0 Å². The topological polar surface area (TPSA) is 98.8 Å². The number of likely N-dealkylation sites (N-methyl/N-ethyl adjacent to an activating group) is 1. The molecule has 1 aromatic heterocycles. The number of nitrogens with zero attached hydrogens (tertiary/aromatic N) is 3. The number of nitrogens with one attached hydrogen (secondary N) is 1. The number of likely N-dealkylation sites (tertiary alicyclic amines) is 1. The quantitative estimate of drug-likeness (QED) is 0.797. The number of hydrogen-bond donors (Lipinski definition) is 2. The summed E-state index contributed by atoms with van der Waals surface area (Å²) in [7, 11) is 1.69. The minimum absolute atomic E-state index is 0.0114. The highest BCUT2D eigenvalue weighted by molar-refractivity contribution is 5.92. The molecule has 0 saturated carbocycles. The number of carbonyl (C=O) groups is 2. The van der Waals surface area contributed by atoms with Crippen LogP contribution in [0.25, 0.3) is 0 Å². The zero-order valence-electron chi connectivity index (χ0n) is 14.9. The van der Waals surface area contributed by atoms with Gasteiger partial charge in [-0.15, -0.1) is 0 Å². The number of amides is 2. The Labute approximate surface area is 147 Å². The molecule has 0 spiro atoms. The van der Waals surface area contributed by atoms with Crippen LogP contribution in [0.2, 0.25) is 0 Å². The lowest BCUT2D eigenvalue weighted by molar-refractivity contribution is -0.138. The maximum atomic E-state index is 12.5. The summed E-state index contributed by atoms with van der Waals surface area (Å²) in [4.78, 5) is 34.3. The maximum absolute atomic E-state index is 12.5. The van der Waals surface area contributed by atoms with E-state index in [1.807, 2.05) is 0 Å². The van der Waals surface area contributed by atoms with Crippen LogP contribution in [0.3, 0.4) is 0 Å². The van der Waals surface area contributed by atoms with E-state index in [1.54, 1.807) is 23.8 Å². The van der Waals surface area contributed by atoms with Gasteiger partial charge in [0.2, 0.25) is 5.91 Å². The molecule has 25 heavy (non-hydrogen) atoms. The van der Waals surface area contributed by atoms with Crippen molar-refractivity contribution in [3.8, 4) is 0 Å². The van der Waals surface area contributed by atoms with E-state index in [1.165, 1.54) is 19.4 Å². The highest BCUT2D eigenvalue weighted by Gasteiger charge is 2.45. The number of aromatic amines is 1. The van der Waals surface area contributed by atoms with Gasteiger partial charge < -0.3 is 24.6 Å². The van der Waals surface area contributed by atoms with Crippen LogP contribution in [0.4, 0.5) is 0 Å². The van der Waals surface area contributed by atoms with Crippen LogP contribution in [-0.4, -0.2) is 81.2 Å². The molecule has 2 amide bonds. The Kier molecular flexibility index (Phi) is 4.83. The molecule has 2 saturated heterocycles. The Balaban J connectivity index is 1.74. The third kappa shape index (κ3) is 3.55. The third-order valence-electron chi connectivity index (χ3n) is 5.51. The smallest absolute Gasteiger partial charge is 0.271 e. The fourth-order valence-corrected chi connectivity index (χ4v) is 3.96. The van der Waals surface area contributed by atoms with Crippen molar-refractivity contribution in [1.82, 2.24) is 19.8 Å². The van der Waals surface area contributed by atoms with Gasteiger partial charge in [0, 0.05) is 33.0 Å². The van der Waals surface area contributed by atoms with Gasteiger partial charge in [0.25, 0.3) is 5.91 Å². The molecule has 138 valence electrons. The molecule has 0 aliphatic carbocycles. The first kappa shape index (κ1) is 17.9. The van der Waals surface area contributed by atoms with Crippen molar-refractivity contribution in [3.05, 3.63) is 18.2 Å². The van der Waals surface area contributed by atoms with Crippen LogP contribution < -0.4 is 0 Å². The first-order chi connectivity index (χ1) is 11.8. The molecule has 0 aromatic carbocycles. The number of hydrogen-bond acceptors (Lipinski definition) is 5. The zero-order valence-corrected chi connectivity index (χ0v) is 14.9. The van der Waals surface area contributed by atoms with Crippen molar-refractivity contribution in [2.24, 2.45) is 5.92 Å². The number of aliphatic hydroxyl groups is 1. The van der Waals surface area contributed by atoms with Gasteiger partial charge in [-0.25, -0.2) is 4.98 Å². The van der Waals surface area contributed by atoms with Gasteiger partial charge in [-0.2, -0.15) is 0 Å². The summed E-state index contributed by atoms with van der Waals surface area (Å²) in [5.74, 6) is -0.159. The molecule has 3 rings (SSSR count). The van der Waals surface area contributed by atoms with Crippen LogP contribution in [0.5, 0.6) is 0 Å².